The Balaban J connectivity index is 1.70. The molecule has 142 valence electrons. The van der Waals surface area contributed by atoms with E-state index in [0.29, 0.717) is 27.8 Å². The molecule has 0 saturated carbocycles. The van der Waals surface area contributed by atoms with Crippen LogP contribution in [-0.4, -0.2) is 27.8 Å². The standard InChI is InChI=1S/C20H15ClN2O3S2/c1-2-11-26-16-9-3-13(4-10-16)12-17-19(25)23(20(27)28-17)22-18(24)14-5-7-15(21)8-6-14/h2-10,12H,1,11H2,(H,22,24). The van der Waals surface area contributed by atoms with Crippen molar-refractivity contribution < 1.29 is 14.3 Å². The van der Waals surface area contributed by atoms with Crippen molar-refractivity contribution in [3.63, 3.8) is 0 Å². The van der Waals surface area contributed by atoms with Crippen molar-refractivity contribution in [1.29, 1.82) is 0 Å². The first-order valence-electron chi connectivity index (χ1n) is 8.16. The van der Waals surface area contributed by atoms with Gasteiger partial charge in [0.05, 0.1) is 4.91 Å². The molecule has 0 bridgehead atoms. The number of benzene rings is 2. The van der Waals surface area contributed by atoms with Crippen molar-refractivity contribution in [2.45, 2.75) is 0 Å². The van der Waals surface area contributed by atoms with Crippen molar-refractivity contribution in [2.75, 3.05) is 6.61 Å². The molecule has 0 radical (unpaired) electrons. The number of amides is 2. The first-order valence-corrected chi connectivity index (χ1v) is 9.76. The summed E-state index contributed by atoms with van der Waals surface area (Å²) >= 11 is 12.2. The third-order valence-corrected chi connectivity index (χ3v) is 5.21. The van der Waals surface area contributed by atoms with Gasteiger partial charge in [-0.05, 0) is 60.3 Å². The van der Waals surface area contributed by atoms with E-state index in [9.17, 15) is 9.59 Å². The predicted molar refractivity (Wildman–Crippen MR) is 116 cm³/mol. The van der Waals surface area contributed by atoms with Crippen molar-refractivity contribution in [3.05, 3.63) is 82.2 Å². The molecular formula is C20H15ClN2O3S2. The number of hydrogen-bond acceptors (Lipinski definition) is 5. The molecule has 0 aliphatic carbocycles. The third kappa shape index (κ3) is 4.81. The Labute approximate surface area is 177 Å². The Bertz CT molecular complexity index is 956. The van der Waals surface area contributed by atoms with Crippen LogP contribution in [0.25, 0.3) is 6.08 Å². The molecule has 2 aromatic carbocycles. The quantitative estimate of drug-likeness (QED) is 0.417. The molecule has 0 atom stereocenters. The SMILES string of the molecule is C=CCOc1ccc(C=C2SC(=S)N(NC(=O)c3ccc(Cl)cc3)C2=O)cc1. The van der Waals surface area contributed by atoms with E-state index in [-0.39, 0.29) is 10.2 Å². The lowest BCUT2D eigenvalue weighted by Crippen LogP contribution is -2.44. The second-order valence-electron chi connectivity index (χ2n) is 5.63. The van der Waals surface area contributed by atoms with E-state index in [1.165, 1.54) is 0 Å². The van der Waals surface area contributed by atoms with Crippen molar-refractivity contribution >= 4 is 57.8 Å². The molecule has 28 heavy (non-hydrogen) atoms. The van der Waals surface area contributed by atoms with Gasteiger partial charge >= 0.3 is 0 Å². The van der Waals surface area contributed by atoms with Gasteiger partial charge in [0.1, 0.15) is 12.4 Å². The van der Waals surface area contributed by atoms with E-state index in [4.69, 9.17) is 28.6 Å². The van der Waals surface area contributed by atoms with Crippen molar-refractivity contribution in [1.82, 2.24) is 10.4 Å². The number of nitrogens with zero attached hydrogens (tertiary/aromatic N) is 1. The highest BCUT2D eigenvalue weighted by Crippen LogP contribution is 2.31. The number of carbonyl (C=O) groups is 2. The average Bonchev–Trinajstić information content (AvgIpc) is 2.95. The summed E-state index contributed by atoms with van der Waals surface area (Å²) in [7, 11) is 0. The van der Waals surface area contributed by atoms with Crippen LogP contribution >= 0.6 is 35.6 Å². The second kappa shape index (κ2) is 9.05. The fourth-order valence-electron chi connectivity index (χ4n) is 2.30. The number of hydrazine groups is 1. The van der Waals surface area contributed by atoms with Gasteiger partial charge in [0.25, 0.3) is 11.8 Å². The maximum absolute atomic E-state index is 12.6. The molecule has 1 fully saturated rings. The third-order valence-electron chi connectivity index (χ3n) is 3.66. The van der Waals surface area contributed by atoms with Crippen LogP contribution in [0.15, 0.2) is 66.1 Å². The number of halogens is 1. The minimum Gasteiger partial charge on any atom is -0.490 e. The highest BCUT2D eigenvalue weighted by atomic mass is 35.5. The van der Waals surface area contributed by atoms with Crippen LogP contribution in [0.3, 0.4) is 0 Å². The summed E-state index contributed by atoms with van der Waals surface area (Å²) in [5, 5.41) is 1.59. The van der Waals surface area contributed by atoms with E-state index in [1.54, 1.807) is 48.6 Å². The van der Waals surface area contributed by atoms with Gasteiger partial charge < -0.3 is 4.74 Å². The minimum atomic E-state index is -0.446. The maximum Gasteiger partial charge on any atom is 0.285 e. The van der Waals surface area contributed by atoms with Gasteiger partial charge in [0, 0.05) is 10.6 Å². The van der Waals surface area contributed by atoms with E-state index in [2.05, 4.69) is 12.0 Å². The van der Waals surface area contributed by atoms with Gasteiger partial charge in [-0.1, -0.05) is 48.2 Å². The second-order valence-corrected chi connectivity index (χ2v) is 7.75. The molecule has 1 aliphatic heterocycles. The molecule has 2 aromatic rings. The number of carbonyl (C=O) groups excluding carboxylic acids is 2. The lowest BCUT2D eigenvalue weighted by Gasteiger charge is -2.15. The number of hydrogen-bond donors (Lipinski definition) is 1. The Morgan fingerprint density at radius 1 is 1.21 bits per heavy atom. The van der Waals surface area contributed by atoms with Gasteiger partial charge in [0.15, 0.2) is 4.32 Å². The highest BCUT2D eigenvalue weighted by molar-refractivity contribution is 8.26. The molecule has 1 saturated heterocycles. The first-order chi connectivity index (χ1) is 13.5. The largest absolute Gasteiger partial charge is 0.490 e. The normalized spacial score (nSPS) is 15.0. The summed E-state index contributed by atoms with van der Waals surface area (Å²) in [5.41, 5.74) is 3.72. The molecule has 2 amide bonds. The van der Waals surface area contributed by atoms with Gasteiger partial charge in [0.2, 0.25) is 0 Å². The smallest absolute Gasteiger partial charge is 0.285 e. The molecule has 5 nitrogen and oxygen atoms in total. The number of nitrogens with one attached hydrogen (secondary N) is 1. The zero-order valence-corrected chi connectivity index (χ0v) is 16.9. The highest BCUT2D eigenvalue weighted by Gasteiger charge is 2.33. The topological polar surface area (TPSA) is 58.6 Å². The maximum atomic E-state index is 12.6. The summed E-state index contributed by atoms with van der Waals surface area (Å²) in [4.78, 5) is 25.4. The molecule has 1 heterocycles. The summed E-state index contributed by atoms with van der Waals surface area (Å²) in [6.45, 7) is 4.02. The summed E-state index contributed by atoms with van der Waals surface area (Å²) in [5.74, 6) is -0.123. The van der Waals surface area contributed by atoms with Gasteiger partial charge in [-0.2, -0.15) is 5.01 Å². The molecule has 1 aliphatic rings. The number of rotatable bonds is 6. The Hall–Kier alpha value is -2.61. The Morgan fingerprint density at radius 2 is 1.89 bits per heavy atom. The van der Waals surface area contributed by atoms with Crippen molar-refractivity contribution in [3.8, 4) is 5.75 Å². The lowest BCUT2D eigenvalue weighted by atomic mass is 10.2. The predicted octanol–water partition coefficient (Wildman–Crippen LogP) is 4.45. The van der Waals surface area contributed by atoms with Gasteiger partial charge in [-0.25, -0.2) is 0 Å². The number of ether oxygens (including phenoxy) is 1. The molecule has 0 unspecified atom stereocenters. The van der Waals surface area contributed by atoms with Gasteiger partial charge in [-0.15, -0.1) is 0 Å². The van der Waals surface area contributed by atoms with Crippen LogP contribution in [0.5, 0.6) is 5.75 Å². The molecule has 3 rings (SSSR count). The van der Waals surface area contributed by atoms with Crippen LogP contribution in [-0.2, 0) is 4.79 Å². The number of thioether (sulfide) groups is 1. The van der Waals surface area contributed by atoms with Crippen LogP contribution in [0.2, 0.25) is 5.02 Å². The van der Waals surface area contributed by atoms with Crippen LogP contribution < -0.4 is 10.2 Å². The lowest BCUT2D eigenvalue weighted by molar-refractivity contribution is -0.123. The summed E-state index contributed by atoms with van der Waals surface area (Å²) < 4.78 is 5.69. The van der Waals surface area contributed by atoms with E-state index in [0.717, 1.165) is 22.3 Å². The van der Waals surface area contributed by atoms with Gasteiger partial charge in [-0.3, -0.25) is 15.0 Å². The van der Waals surface area contributed by atoms with Crippen molar-refractivity contribution in [2.24, 2.45) is 0 Å². The zero-order valence-electron chi connectivity index (χ0n) is 14.6. The summed E-state index contributed by atoms with van der Waals surface area (Å²) in [6, 6.07) is 13.6. The molecule has 0 spiro atoms. The average molecular weight is 431 g/mol. The minimum absolute atomic E-state index is 0.254. The molecule has 0 aromatic heterocycles. The molecular weight excluding hydrogens is 416 g/mol. The van der Waals surface area contributed by atoms with Crippen LogP contribution in [0, 0.1) is 0 Å². The molecule has 8 heteroatoms. The Morgan fingerprint density at radius 3 is 2.54 bits per heavy atom. The number of thiocarbonyl (C=S) groups is 1. The van der Waals surface area contributed by atoms with Crippen LogP contribution in [0.1, 0.15) is 15.9 Å². The molecule has 1 N–H and O–H groups in total. The monoisotopic (exact) mass is 430 g/mol. The van der Waals surface area contributed by atoms with E-state index < -0.39 is 5.91 Å². The zero-order chi connectivity index (χ0) is 20.1. The van der Waals surface area contributed by atoms with E-state index in [1.807, 2.05) is 12.1 Å². The van der Waals surface area contributed by atoms with Crippen LogP contribution in [0.4, 0.5) is 0 Å². The van der Waals surface area contributed by atoms with E-state index >= 15 is 0 Å². The Kier molecular flexibility index (Phi) is 6.51. The fraction of sp³-hybridized carbons (Fsp3) is 0.0500. The summed E-state index contributed by atoms with van der Waals surface area (Å²) in [6.07, 6.45) is 3.38. The fourth-order valence-corrected chi connectivity index (χ4v) is 3.60. The first kappa shape index (κ1) is 20.1.